The van der Waals surface area contributed by atoms with E-state index in [1.807, 2.05) is 6.07 Å². The molecule has 1 heterocycles. The van der Waals surface area contributed by atoms with E-state index in [9.17, 15) is 4.79 Å². The van der Waals surface area contributed by atoms with Crippen LogP contribution in [-0.4, -0.2) is 27.8 Å². The van der Waals surface area contributed by atoms with Crippen molar-refractivity contribution in [2.45, 2.75) is 5.44 Å². The molecule has 0 fully saturated rings. The van der Waals surface area contributed by atoms with Gasteiger partial charge < -0.3 is 9.84 Å². The molecule has 0 bridgehead atoms. The van der Waals surface area contributed by atoms with Crippen molar-refractivity contribution in [3.05, 3.63) is 34.9 Å². The number of pyridine rings is 1. The quantitative estimate of drug-likeness (QED) is 0.874. The number of thioether (sulfide) groups is 1. The van der Waals surface area contributed by atoms with Gasteiger partial charge in [0.15, 0.2) is 0 Å². The Morgan fingerprint density at radius 1 is 1.50 bits per heavy atom. The van der Waals surface area contributed by atoms with E-state index in [0.717, 1.165) is 27.1 Å². The Hall–Kier alpha value is -1.27. The van der Waals surface area contributed by atoms with Crippen LogP contribution in [0.3, 0.4) is 0 Å². The van der Waals surface area contributed by atoms with Crippen molar-refractivity contribution in [2.24, 2.45) is 0 Å². The third-order valence-corrected chi connectivity index (χ3v) is 3.44. The van der Waals surface area contributed by atoms with Gasteiger partial charge in [-0.2, -0.15) is 0 Å². The van der Waals surface area contributed by atoms with E-state index in [1.54, 1.807) is 30.7 Å². The molecule has 0 aliphatic heterocycles. The molecule has 0 aliphatic carbocycles. The number of fused-ring (bicyclic) bond motifs is 1. The molecule has 94 valence electrons. The first-order valence-electron chi connectivity index (χ1n) is 5.08. The maximum Gasteiger partial charge on any atom is 0.355 e. The van der Waals surface area contributed by atoms with E-state index in [4.69, 9.17) is 9.84 Å². The van der Waals surface area contributed by atoms with Crippen LogP contribution in [0.2, 0.25) is 0 Å². The molecule has 0 radical (unpaired) electrons. The first kappa shape index (κ1) is 13.2. The number of carboxylic acids is 1. The van der Waals surface area contributed by atoms with Gasteiger partial charge in [-0.25, -0.2) is 4.79 Å². The normalized spacial score (nSPS) is 12.3. The summed E-state index contributed by atoms with van der Waals surface area (Å²) in [4.78, 5) is 15.1. The van der Waals surface area contributed by atoms with Crippen molar-refractivity contribution < 1.29 is 14.6 Å². The summed E-state index contributed by atoms with van der Waals surface area (Å²) < 4.78 is 6.26. The van der Waals surface area contributed by atoms with E-state index < -0.39 is 11.4 Å². The number of aliphatic carboxylic acids is 1. The zero-order chi connectivity index (χ0) is 13.1. The van der Waals surface area contributed by atoms with Gasteiger partial charge in [0.2, 0.25) is 5.44 Å². The smallest absolute Gasteiger partial charge is 0.355 e. The number of hydrogen-bond acceptors (Lipinski definition) is 4. The van der Waals surface area contributed by atoms with Crippen LogP contribution >= 0.6 is 27.7 Å². The van der Waals surface area contributed by atoms with E-state index in [0.29, 0.717) is 5.75 Å². The molecular weight excluding hydrogens is 318 g/mol. The molecule has 1 N–H and O–H groups in total. The fourth-order valence-electron chi connectivity index (χ4n) is 1.48. The largest absolute Gasteiger partial charge is 0.478 e. The number of benzene rings is 1. The molecule has 0 amide bonds. The summed E-state index contributed by atoms with van der Waals surface area (Å²) >= 11 is 4.48. The van der Waals surface area contributed by atoms with Gasteiger partial charge in [0.25, 0.3) is 0 Å². The minimum Gasteiger partial charge on any atom is -0.478 e. The van der Waals surface area contributed by atoms with Crippen molar-refractivity contribution in [2.75, 3.05) is 6.26 Å². The minimum absolute atomic E-state index is 0.518. The Morgan fingerprint density at radius 2 is 2.28 bits per heavy atom. The summed E-state index contributed by atoms with van der Waals surface area (Å²) in [5.74, 6) is -0.473. The summed E-state index contributed by atoms with van der Waals surface area (Å²) in [6.45, 7) is 0. The van der Waals surface area contributed by atoms with Crippen molar-refractivity contribution in [1.29, 1.82) is 0 Å². The highest BCUT2D eigenvalue weighted by atomic mass is 79.9. The van der Waals surface area contributed by atoms with Crippen LogP contribution in [0, 0.1) is 0 Å². The maximum atomic E-state index is 10.9. The Morgan fingerprint density at radius 3 is 2.94 bits per heavy atom. The molecule has 0 aliphatic rings. The van der Waals surface area contributed by atoms with E-state index in [-0.39, 0.29) is 0 Å². The zero-order valence-electron chi connectivity index (χ0n) is 9.46. The highest BCUT2D eigenvalue weighted by Crippen LogP contribution is 2.24. The average molecular weight is 328 g/mol. The van der Waals surface area contributed by atoms with Crippen LogP contribution in [0.5, 0.6) is 5.75 Å². The molecule has 6 heteroatoms. The number of ether oxygens (including phenoxy) is 1. The lowest BCUT2D eigenvalue weighted by Gasteiger charge is -2.12. The van der Waals surface area contributed by atoms with Crippen molar-refractivity contribution in [1.82, 2.24) is 4.98 Å². The van der Waals surface area contributed by atoms with E-state index in [1.165, 1.54) is 0 Å². The summed E-state index contributed by atoms with van der Waals surface area (Å²) in [6.07, 6.45) is 3.41. The molecule has 18 heavy (non-hydrogen) atoms. The Bertz CT molecular complexity index is 591. The third kappa shape index (κ3) is 2.94. The van der Waals surface area contributed by atoms with Crippen LogP contribution in [0.15, 0.2) is 34.9 Å². The highest BCUT2D eigenvalue weighted by Gasteiger charge is 2.17. The lowest BCUT2D eigenvalue weighted by Crippen LogP contribution is -2.22. The van der Waals surface area contributed by atoms with Crippen LogP contribution in [0.1, 0.15) is 0 Å². The summed E-state index contributed by atoms with van der Waals surface area (Å²) in [5.41, 5.74) is -0.0656. The molecule has 1 unspecified atom stereocenters. The molecule has 2 aromatic rings. The van der Waals surface area contributed by atoms with Crippen molar-refractivity contribution in [3.63, 3.8) is 0 Å². The summed E-state index contributed by atoms with van der Waals surface area (Å²) in [7, 11) is 0. The Balaban J connectivity index is 2.31. The number of nitrogens with zero attached hydrogens (tertiary/aromatic N) is 1. The second-order valence-electron chi connectivity index (χ2n) is 3.53. The first-order valence-corrected chi connectivity index (χ1v) is 7.16. The molecule has 0 spiro atoms. The first-order chi connectivity index (χ1) is 8.60. The lowest BCUT2D eigenvalue weighted by molar-refractivity contribution is -0.140. The fourth-order valence-corrected chi connectivity index (χ4v) is 2.24. The van der Waals surface area contributed by atoms with Crippen LogP contribution in [0.25, 0.3) is 10.9 Å². The number of rotatable bonds is 4. The fraction of sp³-hybridized carbons (Fsp3) is 0.167. The zero-order valence-corrected chi connectivity index (χ0v) is 11.9. The third-order valence-electron chi connectivity index (χ3n) is 2.28. The standard InChI is InChI=1S/C12H10BrNO3S/c1-18-12(11(15)16)17-9-2-3-10-7(5-9)4-8(13)6-14-10/h2-6,12H,1H3,(H,15,16). The van der Waals surface area contributed by atoms with Gasteiger partial charge >= 0.3 is 5.97 Å². The van der Waals surface area contributed by atoms with Gasteiger partial charge in [-0.3, -0.25) is 4.98 Å². The molecule has 4 nitrogen and oxygen atoms in total. The number of hydrogen-bond donors (Lipinski definition) is 1. The van der Waals surface area contributed by atoms with Crippen molar-refractivity contribution in [3.8, 4) is 5.75 Å². The second-order valence-corrected chi connectivity index (χ2v) is 5.35. The number of carbonyl (C=O) groups is 1. The molecule has 2 rings (SSSR count). The predicted octanol–water partition coefficient (Wildman–Crippen LogP) is 3.15. The van der Waals surface area contributed by atoms with E-state index in [2.05, 4.69) is 20.9 Å². The van der Waals surface area contributed by atoms with Crippen LogP contribution in [-0.2, 0) is 4.79 Å². The van der Waals surface area contributed by atoms with E-state index >= 15 is 0 Å². The van der Waals surface area contributed by atoms with Crippen LogP contribution in [0.4, 0.5) is 0 Å². The second kappa shape index (κ2) is 5.58. The molecular formula is C12H10BrNO3S. The minimum atomic E-state index is -0.991. The molecule has 1 atom stereocenters. The SMILES string of the molecule is CSC(Oc1ccc2ncc(Br)cc2c1)C(=O)O. The molecule has 0 saturated carbocycles. The van der Waals surface area contributed by atoms with Gasteiger partial charge in [0, 0.05) is 16.1 Å². The summed E-state index contributed by atoms with van der Waals surface area (Å²) in [5, 5.41) is 9.82. The molecule has 0 saturated heterocycles. The Kier molecular flexibility index (Phi) is 4.08. The van der Waals surface area contributed by atoms with Gasteiger partial charge in [-0.15, -0.1) is 11.8 Å². The summed E-state index contributed by atoms with van der Waals surface area (Å²) in [6, 6.07) is 7.20. The van der Waals surface area contributed by atoms with Gasteiger partial charge in [-0.1, -0.05) is 0 Å². The molecule has 1 aromatic heterocycles. The predicted molar refractivity (Wildman–Crippen MR) is 75.0 cm³/mol. The van der Waals surface area contributed by atoms with Gasteiger partial charge in [0.05, 0.1) is 5.52 Å². The topological polar surface area (TPSA) is 59.4 Å². The maximum absolute atomic E-state index is 10.9. The molecule has 1 aromatic carbocycles. The van der Waals surface area contributed by atoms with Crippen molar-refractivity contribution >= 4 is 44.6 Å². The number of halogens is 1. The van der Waals surface area contributed by atoms with Gasteiger partial charge in [-0.05, 0) is 46.5 Å². The number of aromatic nitrogens is 1. The van der Waals surface area contributed by atoms with Crippen LogP contribution < -0.4 is 4.74 Å². The Labute approximate surface area is 116 Å². The number of carboxylic acid groups (broad SMARTS) is 1. The average Bonchev–Trinajstić information content (AvgIpc) is 2.35. The highest BCUT2D eigenvalue weighted by molar-refractivity contribution is 9.10. The monoisotopic (exact) mass is 327 g/mol. The van der Waals surface area contributed by atoms with Gasteiger partial charge in [0.1, 0.15) is 5.75 Å². The lowest BCUT2D eigenvalue weighted by atomic mass is 10.2.